The average molecular weight is 487 g/mol. The molecule has 0 aliphatic heterocycles. The fourth-order valence-corrected chi connectivity index (χ4v) is 3.71. The average Bonchev–Trinajstić information content (AvgIpc) is 3.07. The van der Waals surface area contributed by atoms with Gasteiger partial charge in [0.1, 0.15) is 26.9 Å². The molecule has 0 atom stereocenters. The number of amides is 2. The fourth-order valence-electron chi connectivity index (χ4n) is 2.63. The Bertz CT molecular complexity index is 1290. The van der Waals surface area contributed by atoms with Gasteiger partial charge in [0, 0.05) is 18.2 Å². The highest BCUT2D eigenvalue weighted by atomic mass is 32.1. The lowest BCUT2D eigenvalue weighted by molar-refractivity contribution is -0.123. The maximum absolute atomic E-state index is 12.9. The molecule has 0 saturated carbocycles. The quantitative estimate of drug-likeness (QED) is 0.450. The van der Waals surface area contributed by atoms with E-state index in [4.69, 9.17) is 0 Å². The van der Waals surface area contributed by atoms with Crippen LogP contribution in [0.25, 0.3) is 11.8 Å². The SMILES string of the molecule is CCn1c(=C(C#N)C(=O)NC(C)(C)CO)sc(=CNc2cccc(NC(=O)C(C)(C)C)n2)c1=O. The first-order chi connectivity index (χ1) is 15.8. The van der Waals surface area contributed by atoms with E-state index in [0.29, 0.717) is 11.6 Å². The summed E-state index contributed by atoms with van der Waals surface area (Å²) >= 11 is 0.995. The van der Waals surface area contributed by atoms with Crippen molar-refractivity contribution in [3.05, 3.63) is 37.7 Å². The molecule has 10 nitrogen and oxygen atoms in total. The van der Waals surface area contributed by atoms with Gasteiger partial charge in [-0.3, -0.25) is 19.0 Å². The Morgan fingerprint density at radius 1 is 1.24 bits per heavy atom. The minimum absolute atomic E-state index is 0.183. The van der Waals surface area contributed by atoms with E-state index in [9.17, 15) is 24.8 Å². The van der Waals surface area contributed by atoms with Gasteiger partial charge in [0.05, 0.1) is 12.1 Å². The van der Waals surface area contributed by atoms with Crippen molar-refractivity contribution < 1.29 is 14.7 Å². The molecular formula is C23H30N6O4S. The standard InChI is InChI=1S/C23H30N6O4S/c1-7-29-19(32)15(34-20(29)14(11-24)18(31)28-23(5,6)13-30)12-25-16-9-8-10-17(26-16)27-21(33)22(2,3)4/h8-10,12,30H,7,13H2,1-6H3,(H,28,31)(H2,25,26,27,33). The molecule has 2 aromatic rings. The molecule has 2 rings (SSSR count). The lowest BCUT2D eigenvalue weighted by atomic mass is 9.96. The normalized spacial score (nSPS) is 13.2. The summed E-state index contributed by atoms with van der Waals surface area (Å²) in [4.78, 5) is 42.1. The molecule has 2 aromatic heterocycles. The van der Waals surface area contributed by atoms with Crippen LogP contribution in [-0.4, -0.2) is 38.6 Å². The van der Waals surface area contributed by atoms with Crippen LogP contribution in [0.5, 0.6) is 0 Å². The van der Waals surface area contributed by atoms with Gasteiger partial charge in [-0.15, -0.1) is 11.3 Å². The first kappa shape index (κ1) is 26.8. The molecule has 182 valence electrons. The number of hydrogen-bond donors (Lipinski definition) is 4. The van der Waals surface area contributed by atoms with Gasteiger partial charge in [-0.1, -0.05) is 26.8 Å². The first-order valence-corrected chi connectivity index (χ1v) is 11.5. The van der Waals surface area contributed by atoms with Crippen LogP contribution >= 0.6 is 11.3 Å². The molecule has 0 unspecified atom stereocenters. The van der Waals surface area contributed by atoms with Gasteiger partial charge in [-0.2, -0.15) is 5.26 Å². The summed E-state index contributed by atoms with van der Waals surface area (Å²) in [6.45, 7) is 10.3. The van der Waals surface area contributed by atoms with Crippen LogP contribution < -0.4 is 30.7 Å². The van der Waals surface area contributed by atoms with E-state index >= 15 is 0 Å². The predicted molar refractivity (Wildman–Crippen MR) is 132 cm³/mol. The number of nitrogens with one attached hydrogen (secondary N) is 3. The number of nitrogens with zero attached hydrogens (tertiary/aromatic N) is 3. The largest absolute Gasteiger partial charge is 0.394 e. The van der Waals surface area contributed by atoms with E-state index < -0.39 is 16.9 Å². The summed E-state index contributed by atoms with van der Waals surface area (Å²) in [7, 11) is 0. The maximum Gasteiger partial charge on any atom is 0.270 e. The van der Waals surface area contributed by atoms with Gasteiger partial charge >= 0.3 is 0 Å². The van der Waals surface area contributed by atoms with Gasteiger partial charge in [0.25, 0.3) is 11.5 Å². The highest BCUT2D eigenvalue weighted by molar-refractivity contribution is 7.07. The summed E-state index contributed by atoms with van der Waals surface area (Å²) in [5, 5.41) is 27.3. The molecule has 2 heterocycles. The van der Waals surface area contributed by atoms with Crippen LogP contribution in [0.2, 0.25) is 0 Å². The highest BCUT2D eigenvalue weighted by Crippen LogP contribution is 2.17. The van der Waals surface area contributed by atoms with Crippen molar-refractivity contribution in [3.8, 4) is 6.07 Å². The number of anilines is 2. The molecule has 11 heteroatoms. The summed E-state index contributed by atoms with van der Waals surface area (Å²) in [5.74, 6) is -0.0963. The third-order valence-corrected chi connectivity index (χ3v) is 5.78. The van der Waals surface area contributed by atoms with Crippen LogP contribution in [0.1, 0.15) is 41.5 Å². The third kappa shape index (κ3) is 6.52. The van der Waals surface area contributed by atoms with Crippen molar-refractivity contribution in [2.75, 3.05) is 17.2 Å². The van der Waals surface area contributed by atoms with Crippen molar-refractivity contribution >= 4 is 46.6 Å². The fraction of sp³-hybridized carbons (Fsp3) is 0.435. The van der Waals surface area contributed by atoms with Gasteiger partial charge in [-0.25, -0.2) is 4.98 Å². The van der Waals surface area contributed by atoms with Crippen LogP contribution in [0.4, 0.5) is 11.6 Å². The monoisotopic (exact) mass is 486 g/mol. The molecule has 0 radical (unpaired) electrons. The Labute approximate surface area is 201 Å². The molecule has 2 amide bonds. The summed E-state index contributed by atoms with van der Waals surface area (Å²) < 4.78 is 1.83. The second kappa shape index (κ2) is 10.6. The van der Waals surface area contributed by atoms with Crippen molar-refractivity contribution in [2.24, 2.45) is 5.41 Å². The Morgan fingerprint density at radius 2 is 1.88 bits per heavy atom. The second-order valence-electron chi connectivity index (χ2n) is 9.20. The lowest BCUT2D eigenvalue weighted by Crippen LogP contribution is -2.47. The van der Waals surface area contributed by atoms with Crippen LogP contribution in [0.3, 0.4) is 0 Å². The Hall–Kier alpha value is -3.49. The molecule has 34 heavy (non-hydrogen) atoms. The molecule has 0 spiro atoms. The zero-order valence-electron chi connectivity index (χ0n) is 20.1. The lowest BCUT2D eigenvalue weighted by Gasteiger charge is -2.22. The smallest absolute Gasteiger partial charge is 0.270 e. The topological polar surface area (TPSA) is 149 Å². The number of hydrogen-bond acceptors (Lipinski definition) is 8. The van der Waals surface area contributed by atoms with Crippen LogP contribution in [-0.2, 0) is 16.1 Å². The molecule has 0 aliphatic rings. The molecule has 0 bridgehead atoms. The number of rotatable bonds is 7. The zero-order valence-corrected chi connectivity index (χ0v) is 21.0. The number of thiazole rings is 1. The number of carbonyl (C=O) groups is 2. The highest BCUT2D eigenvalue weighted by Gasteiger charge is 2.24. The summed E-state index contributed by atoms with van der Waals surface area (Å²) in [6.07, 6.45) is 1.45. The molecule has 4 N–H and O–H groups in total. The van der Waals surface area contributed by atoms with E-state index in [2.05, 4.69) is 20.9 Å². The maximum atomic E-state index is 12.9. The zero-order chi connectivity index (χ0) is 25.7. The van der Waals surface area contributed by atoms with Crippen LogP contribution in [0, 0.1) is 16.7 Å². The van der Waals surface area contributed by atoms with E-state index in [1.807, 2.05) is 6.07 Å². The van der Waals surface area contributed by atoms with Crippen molar-refractivity contribution in [1.29, 1.82) is 5.26 Å². The second-order valence-corrected chi connectivity index (χ2v) is 10.2. The van der Waals surface area contributed by atoms with Crippen LogP contribution in [0.15, 0.2) is 23.0 Å². The Balaban J connectivity index is 2.45. The molecule has 0 saturated heterocycles. The first-order valence-electron chi connectivity index (χ1n) is 10.7. The van der Waals surface area contributed by atoms with Gasteiger partial charge in [0.15, 0.2) is 5.57 Å². The predicted octanol–water partition coefficient (Wildman–Crippen LogP) is 0.721. The number of aliphatic hydroxyl groups excluding tert-OH is 1. The van der Waals surface area contributed by atoms with E-state index in [1.165, 1.54) is 10.8 Å². The molecular weight excluding hydrogens is 456 g/mol. The van der Waals surface area contributed by atoms with Gasteiger partial charge in [0.2, 0.25) is 5.91 Å². The minimum atomic E-state index is -0.927. The number of nitriles is 1. The number of aliphatic hydroxyl groups is 1. The molecule has 0 fully saturated rings. The molecule has 0 aliphatic carbocycles. The van der Waals surface area contributed by atoms with E-state index in [-0.39, 0.29) is 39.4 Å². The molecule has 0 aromatic carbocycles. The summed E-state index contributed by atoms with van der Waals surface area (Å²) in [5.41, 5.74) is -2.09. The van der Waals surface area contributed by atoms with Crippen molar-refractivity contribution in [3.63, 3.8) is 0 Å². The Kier molecular flexibility index (Phi) is 8.36. The third-order valence-electron chi connectivity index (χ3n) is 4.65. The van der Waals surface area contributed by atoms with Crippen molar-refractivity contribution in [2.45, 2.75) is 53.6 Å². The number of carbonyl (C=O) groups excluding carboxylic acids is 2. The van der Waals surface area contributed by atoms with Crippen molar-refractivity contribution in [1.82, 2.24) is 14.9 Å². The summed E-state index contributed by atoms with van der Waals surface area (Å²) in [6, 6.07) is 6.92. The van der Waals surface area contributed by atoms with E-state index in [0.717, 1.165) is 11.3 Å². The Morgan fingerprint density at radius 3 is 2.44 bits per heavy atom. The number of pyridine rings is 1. The van der Waals surface area contributed by atoms with Gasteiger partial charge in [-0.05, 0) is 32.9 Å². The minimum Gasteiger partial charge on any atom is -0.394 e. The van der Waals surface area contributed by atoms with E-state index in [1.54, 1.807) is 59.7 Å². The number of aromatic nitrogens is 2. The van der Waals surface area contributed by atoms with Gasteiger partial charge < -0.3 is 21.1 Å².